The van der Waals surface area contributed by atoms with Gasteiger partial charge in [-0.05, 0) is 24.6 Å². The van der Waals surface area contributed by atoms with Gasteiger partial charge >= 0.3 is 0 Å². The summed E-state index contributed by atoms with van der Waals surface area (Å²) in [6.45, 7) is 6.40. The van der Waals surface area contributed by atoms with Crippen molar-refractivity contribution >= 4 is 5.82 Å². The molecule has 6 nitrogen and oxygen atoms in total. The minimum atomic E-state index is -0.610. The molecule has 0 aliphatic rings. The van der Waals surface area contributed by atoms with E-state index < -0.39 is 6.10 Å². The Morgan fingerprint density at radius 3 is 2.76 bits per heavy atom. The van der Waals surface area contributed by atoms with E-state index in [1.807, 2.05) is 57.2 Å². The van der Waals surface area contributed by atoms with Crippen LogP contribution in [0.2, 0.25) is 0 Å². The lowest BCUT2D eigenvalue weighted by Gasteiger charge is -2.13. The summed E-state index contributed by atoms with van der Waals surface area (Å²) in [6, 6.07) is 11.5. The average Bonchev–Trinajstić information content (AvgIpc) is 3.10. The Bertz CT molecular complexity index is 845. The van der Waals surface area contributed by atoms with Crippen molar-refractivity contribution in [3.8, 4) is 11.5 Å². The summed E-state index contributed by atoms with van der Waals surface area (Å²) >= 11 is 0. The molecule has 2 heterocycles. The van der Waals surface area contributed by atoms with Gasteiger partial charge in [-0.3, -0.25) is 0 Å². The number of benzene rings is 1. The summed E-state index contributed by atoms with van der Waals surface area (Å²) in [4.78, 5) is 8.67. The van der Waals surface area contributed by atoms with Crippen molar-refractivity contribution in [2.75, 3.05) is 11.9 Å². The summed E-state index contributed by atoms with van der Waals surface area (Å²) in [7, 11) is 0. The number of aliphatic hydroxyl groups excluding tert-OH is 1. The Hall–Kier alpha value is -2.73. The lowest BCUT2D eigenvalue weighted by molar-refractivity contribution is 0.191. The zero-order valence-electron chi connectivity index (χ0n) is 14.6. The largest absolute Gasteiger partial charge is 0.387 e. The van der Waals surface area contributed by atoms with Gasteiger partial charge in [-0.15, -0.1) is 0 Å². The molecule has 0 fully saturated rings. The summed E-state index contributed by atoms with van der Waals surface area (Å²) in [5, 5.41) is 17.5. The molecule has 130 valence electrons. The third-order valence-electron chi connectivity index (χ3n) is 3.87. The molecule has 0 saturated carbocycles. The van der Waals surface area contributed by atoms with Gasteiger partial charge in [-0.1, -0.05) is 48.8 Å². The van der Waals surface area contributed by atoms with Crippen LogP contribution in [0.25, 0.3) is 11.5 Å². The van der Waals surface area contributed by atoms with Crippen molar-refractivity contribution in [3.63, 3.8) is 0 Å². The van der Waals surface area contributed by atoms with E-state index in [1.54, 1.807) is 6.20 Å². The predicted octanol–water partition coefficient (Wildman–Crippen LogP) is 3.71. The Kier molecular flexibility index (Phi) is 5.09. The fourth-order valence-electron chi connectivity index (χ4n) is 2.44. The maximum Gasteiger partial charge on any atom is 0.258 e. The van der Waals surface area contributed by atoms with Crippen LogP contribution in [0.15, 0.2) is 47.1 Å². The molecule has 1 unspecified atom stereocenters. The highest BCUT2D eigenvalue weighted by Crippen LogP contribution is 2.22. The highest BCUT2D eigenvalue weighted by molar-refractivity contribution is 5.57. The molecule has 2 aromatic heterocycles. The molecule has 3 rings (SSSR count). The summed E-state index contributed by atoms with van der Waals surface area (Å²) in [6.07, 6.45) is 1.07. The number of aryl methyl sites for hydroxylation is 1. The molecule has 25 heavy (non-hydrogen) atoms. The van der Waals surface area contributed by atoms with Crippen LogP contribution in [0, 0.1) is 6.92 Å². The van der Waals surface area contributed by atoms with Crippen LogP contribution in [0.3, 0.4) is 0 Å². The smallest absolute Gasteiger partial charge is 0.258 e. The molecule has 0 bridgehead atoms. The number of pyridine rings is 1. The molecule has 6 heteroatoms. The van der Waals surface area contributed by atoms with Gasteiger partial charge in [-0.2, -0.15) is 4.98 Å². The molecule has 2 N–H and O–H groups in total. The number of nitrogens with zero attached hydrogens (tertiary/aromatic N) is 3. The van der Waals surface area contributed by atoms with Crippen molar-refractivity contribution in [2.24, 2.45) is 0 Å². The highest BCUT2D eigenvalue weighted by atomic mass is 16.5. The molecular weight excluding hydrogens is 316 g/mol. The number of anilines is 1. The number of hydrogen-bond acceptors (Lipinski definition) is 6. The molecule has 1 atom stereocenters. The lowest BCUT2D eigenvalue weighted by atomic mass is 10.1. The second kappa shape index (κ2) is 7.44. The monoisotopic (exact) mass is 338 g/mol. The van der Waals surface area contributed by atoms with Gasteiger partial charge in [0.2, 0.25) is 0 Å². The van der Waals surface area contributed by atoms with Gasteiger partial charge in [-0.25, -0.2) is 4.98 Å². The second-order valence-corrected chi connectivity index (χ2v) is 6.35. The summed E-state index contributed by atoms with van der Waals surface area (Å²) in [5.74, 6) is 2.00. The molecule has 3 aromatic rings. The van der Waals surface area contributed by atoms with Crippen molar-refractivity contribution in [1.82, 2.24) is 15.1 Å². The first kappa shape index (κ1) is 17.1. The van der Waals surface area contributed by atoms with Gasteiger partial charge in [0.15, 0.2) is 5.82 Å². The molecular formula is C19H22N4O2. The van der Waals surface area contributed by atoms with Gasteiger partial charge in [0.25, 0.3) is 5.89 Å². The third kappa shape index (κ3) is 4.22. The van der Waals surface area contributed by atoms with Crippen molar-refractivity contribution in [1.29, 1.82) is 0 Å². The van der Waals surface area contributed by atoms with Gasteiger partial charge < -0.3 is 14.9 Å². The number of rotatable bonds is 6. The van der Waals surface area contributed by atoms with Crippen LogP contribution in [0.4, 0.5) is 5.82 Å². The van der Waals surface area contributed by atoms with E-state index in [0.29, 0.717) is 24.1 Å². The summed E-state index contributed by atoms with van der Waals surface area (Å²) in [5.41, 5.74) is 2.79. The number of aromatic nitrogens is 3. The predicted molar refractivity (Wildman–Crippen MR) is 96.2 cm³/mol. The Morgan fingerprint density at radius 2 is 2.04 bits per heavy atom. The first-order valence-corrected chi connectivity index (χ1v) is 8.31. The second-order valence-electron chi connectivity index (χ2n) is 6.35. The maximum atomic E-state index is 10.3. The maximum absolute atomic E-state index is 10.3. The zero-order chi connectivity index (χ0) is 17.8. The normalized spacial score (nSPS) is 12.4. The van der Waals surface area contributed by atoms with Crippen LogP contribution in [-0.4, -0.2) is 26.8 Å². The van der Waals surface area contributed by atoms with Crippen LogP contribution < -0.4 is 5.32 Å². The van der Waals surface area contributed by atoms with Gasteiger partial charge in [0, 0.05) is 24.2 Å². The first-order chi connectivity index (χ1) is 12.0. The molecule has 1 aromatic carbocycles. The third-order valence-corrected chi connectivity index (χ3v) is 3.87. The van der Waals surface area contributed by atoms with Crippen molar-refractivity contribution in [3.05, 3.63) is 59.5 Å². The van der Waals surface area contributed by atoms with Gasteiger partial charge in [0.1, 0.15) is 5.82 Å². The standard InChI is InChI=1S/C19H22N4O2/c1-12(2)18-22-19(25-23-18)15-7-8-20-17(10-15)21-11-16(24)14-6-4-5-13(3)9-14/h4-10,12,16,24H,11H2,1-3H3,(H,20,21). The van der Waals surface area contributed by atoms with Crippen LogP contribution in [0.1, 0.15) is 42.8 Å². The van der Waals surface area contributed by atoms with E-state index in [9.17, 15) is 5.11 Å². The minimum Gasteiger partial charge on any atom is -0.387 e. The number of aliphatic hydroxyl groups is 1. The molecule has 0 radical (unpaired) electrons. The lowest BCUT2D eigenvalue weighted by Crippen LogP contribution is -2.13. The van der Waals surface area contributed by atoms with E-state index in [4.69, 9.17) is 4.52 Å². The van der Waals surface area contributed by atoms with Crippen LogP contribution in [0.5, 0.6) is 0 Å². The Morgan fingerprint density at radius 1 is 1.20 bits per heavy atom. The van der Waals surface area contributed by atoms with Crippen molar-refractivity contribution < 1.29 is 9.63 Å². The summed E-state index contributed by atoms with van der Waals surface area (Å²) < 4.78 is 5.31. The SMILES string of the molecule is Cc1cccc(C(O)CNc2cc(-c3nc(C(C)C)no3)ccn2)c1. The first-order valence-electron chi connectivity index (χ1n) is 8.31. The molecule has 0 aliphatic heterocycles. The van der Waals surface area contributed by atoms with E-state index in [1.165, 1.54) is 0 Å². The number of hydrogen-bond donors (Lipinski definition) is 2. The zero-order valence-corrected chi connectivity index (χ0v) is 14.6. The molecule has 0 saturated heterocycles. The average molecular weight is 338 g/mol. The van der Waals surface area contributed by atoms with E-state index in [2.05, 4.69) is 20.4 Å². The fraction of sp³-hybridized carbons (Fsp3) is 0.316. The molecule has 0 amide bonds. The van der Waals surface area contributed by atoms with Crippen molar-refractivity contribution in [2.45, 2.75) is 32.8 Å². The topological polar surface area (TPSA) is 84.1 Å². The Balaban J connectivity index is 1.69. The fourth-order valence-corrected chi connectivity index (χ4v) is 2.44. The van der Waals surface area contributed by atoms with Crippen LogP contribution in [-0.2, 0) is 0 Å². The van der Waals surface area contributed by atoms with E-state index >= 15 is 0 Å². The minimum absolute atomic E-state index is 0.210. The molecule has 0 spiro atoms. The van der Waals surface area contributed by atoms with Gasteiger partial charge in [0.05, 0.1) is 6.10 Å². The quantitative estimate of drug-likeness (QED) is 0.713. The van der Waals surface area contributed by atoms with Crippen LogP contribution >= 0.6 is 0 Å². The van der Waals surface area contributed by atoms with E-state index in [0.717, 1.165) is 16.7 Å². The molecule has 0 aliphatic carbocycles. The van der Waals surface area contributed by atoms with E-state index in [-0.39, 0.29) is 5.92 Å². The highest BCUT2D eigenvalue weighted by Gasteiger charge is 2.13. The number of nitrogens with one attached hydrogen (secondary N) is 1. The Labute approximate surface area is 146 Å².